The van der Waals surface area contributed by atoms with Crippen molar-refractivity contribution in [1.29, 1.82) is 0 Å². The molecule has 2 aromatic carbocycles. The van der Waals surface area contributed by atoms with Crippen LogP contribution in [0.2, 0.25) is 5.02 Å². The number of hydrogen-bond acceptors (Lipinski definition) is 4. The molecule has 0 aliphatic rings. The maximum atomic E-state index is 12.1. The molecule has 7 heteroatoms. The van der Waals surface area contributed by atoms with Gasteiger partial charge in [-0.05, 0) is 48.2 Å². The van der Waals surface area contributed by atoms with Crippen LogP contribution in [-0.2, 0) is 22.6 Å². The number of amides is 2. The molecule has 146 valence electrons. The molecule has 28 heavy (non-hydrogen) atoms. The minimum absolute atomic E-state index is 0.00287. The van der Waals surface area contributed by atoms with E-state index in [1.54, 1.807) is 0 Å². The number of hydrogen-bond donors (Lipinski definition) is 2. The molecule has 3 aromatic rings. The number of nitrogens with one attached hydrogen (secondary N) is 2. The van der Waals surface area contributed by atoms with E-state index < -0.39 is 0 Å². The van der Waals surface area contributed by atoms with Gasteiger partial charge in [0.25, 0.3) is 0 Å². The van der Waals surface area contributed by atoms with E-state index in [1.807, 2.05) is 49.4 Å². The van der Waals surface area contributed by atoms with Gasteiger partial charge >= 0.3 is 0 Å². The van der Waals surface area contributed by atoms with Crippen molar-refractivity contribution in [1.82, 2.24) is 10.3 Å². The highest BCUT2D eigenvalue weighted by molar-refractivity contribution is 7.22. The summed E-state index contributed by atoms with van der Waals surface area (Å²) >= 11 is 7.41. The minimum atomic E-state index is -0.0156. The van der Waals surface area contributed by atoms with Crippen molar-refractivity contribution in [3.05, 3.63) is 58.6 Å². The van der Waals surface area contributed by atoms with E-state index in [4.69, 9.17) is 11.6 Å². The lowest BCUT2D eigenvalue weighted by molar-refractivity contribution is -0.121. The Bertz CT molecular complexity index is 987. The van der Waals surface area contributed by atoms with Gasteiger partial charge in [0, 0.05) is 24.4 Å². The van der Waals surface area contributed by atoms with Crippen LogP contribution >= 0.6 is 22.9 Å². The predicted molar refractivity (Wildman–Crippen MR) is 115 cm³/mol. The lowest BCUT2D eigenvalue weighted by atomic mass is 10.1. The largest absolute Gasteiger partial charge is 0.352 e. The third kappa shape index (κ3) is 5.78. The second-order valence-corrected chi connectivity index (χ2v) is 7.99. The first-order chi connectivity index (χ1) is 13.5. The molecular weight excluding hydrogens is 394 g/mol. The van der Waals surface area contributed by atoms with Crippen LogP contribution in [0.25, 0.3) is 10.2 Å². The Hall–Kier alpha value is -2.44. The first-order valence-electron chi connectivity index (χ1n) is 9.24. The molecule has 5 nitrogen and oxygen atoms in total. The van der Waals surface area contributed by atoms with Gasteiger partial charge in [0.05, 0.1) is 10.2 Å². The molecule has 0 saturated heterocycles. The van der Waals surface area contributed by atoms with Gasteiger partial charge in [-0.3, -0.25) is 9.59 Å². The highest BCUT2D eigenvalue weighted by Gasteiger charge is 2.09. The number of thiazole rings is 1. The molecule has 0 atom stereocenters. The second-order valence-electron chi connectivity index (χ2n) is 6.53. The van der Waals surface area contributed by atoms with Gasteiger partial charge < -0.3 is 10.6 Å². The fourth-order valence-corrected chi connectivity index (χ4v) is 3.94. The zero-order valence-electron chi connectivity index (χ0n) is 15.6. The quantitative estimate of drug-likeness (QED) is 0.547. The lowest BCUT2D eigenvalue weighted by Gasteiger charge is -2.06. The Kier molecular flexibility index (Phi) is 7.01. The molecule has 0 aliphatic heterocycles. The summed E-state index contributed by atoms with van der Waals surface area (Å²) in [6.45, 7) is 2.43. The van der Waals surface area contributed by atoms with E-state index >= 15 is 0 Å². The van der Waals surface area contributed by atoms with Crippen molar-refractivity contribution in [3.63, 3.8) is 0 Å². The number of aryl methyl sites for hydroxylation is 1. The zero-order valence-corrected chi connectivity index (χ0v) is 17.2. The predicted octanol–water partition coefficient (Wildman–Crippen LogP) is 4.94. The minimum Gasteiger partial charge on any atom is -0.352 e. The fourth-order valence-electron chi connectivity index (χ4n) is 2.78. The van der Waals surface area contributed by atoms with Crippen LogP contribution in [0.15, 0.2) is 42.5 Å². The summed E-state index contributed by atoms with van der Waals surface area (Å²) in [5, 5.41) is 7.03. The fraction of sp³-hybridized carbons (Fsp3) is 0.286. The second kappa shape index (κ2) is 9.66. The summed E-state index contributed by atoms with van der Waals surface area (Å²) in [7, 11) is 0. The normalized spacial score (nSPS) is 10.8. The SMILES string of the molecule is CCCC(=O)Nc1nc2ccc(CCC(=O)NCc3cccc(Cl)c3)cc2s1. The smallest absolute Gasteiger partial charge is 0.226 e. The van der Waals surface area contributed by atoms with Crippen LogP contribution in [0, 0.1) is 0 Å². The summed E-state index contributed by atoms with van der Waals surface area (Å²) in [4.78, 5) is 28.3. The Morgan fingerprint density at radius 2 is 1.93 bits per heavy atom. The maximum Gasteiger partial charge on any atom is 0.226 e. The number of benzene rings is 2. The molecule has 2 N–H and O–H groups in total. The zero-order chi connectivity index (χ0) is 19.9. The molecule has 0 saturated carbocycles. The average Bonchev–Trinajstić information content (AvgIpc) is 3.06. The van der Waals surface area contributed by atoms with Crippen molar-refractivity contribution in [2.24, 2.45) is 0 Å². The molecule has 0 fully saturated rings. The summed E-state index contributed by atoms with van der Waals surface area (Å²) in [6.07, 6.45) is 2.35. The van der Waals surface area contributed by atoms with E-state index in [0.717, 1.165) is 27.8 Å². The van der Waals surface area contributed by atoms with Crippen LogP contribution < -0.4 is 10.6 Å². The topological polar surface area (TPSA) is 71.1 Å². The summed E-state index contributed by atoms with van der Waals surface area (Å²) in [5.41, 5.74) is 2.90. The van der Waals surface area contributed by atoms with Gasteiger partial charge in [-0.15, -0.1) is 0 Å². The van der Waals surface area contributed by atoms with Crippen LogP contribution in [0.1, 0.15) is 37.3 Å². The van der Waals surface area contributed by atoms with Crippen LogP contribution in [0.5, 0.6) is 0 Å². The van der Waals surface area contributed by atoms with Crippen LogP contribution in [0.3, 0.4) is 0 Å². The van der Waals surface area contributed by atoms with Crippen molar-refractivity contribution >= 4 is 50.1 Å². The molecule has 0 bridgehead atoms. The van der Waals surface area contributed by atoms with Crippen LogP contribution in [-0.4, -0.2) is 16.8 Å². The molecule has 0 spiro atoms. The third-order valence-electron chi connectivity index (χ3n) is 4.20. The van der Waals surface area contributed by atoms with Gasteiger partial charge in [-0.2, -0.15) is 0 Å². The number of nitrogens with zero attached hydrogens (tertiary/aromatic N) is 1. The van der Waals surface area contributed by atoms with E-state index in [-0.39, 0.29) is 11.8 Å². The average molecular weight is 416 g/mol. The number of rotatable bonds is 8. The molecular formula is C21H22ClN3O2S. The van der Waals surface area contributed by atoms with E-state index in [0.29, 0.717) is 36.0 Å². The Balaban J connectivity index is 1.53. The highest BCUT2D eigenvalue weighted by atomic mass is 35.5. The maximum absolute atomic E-state index is 12.1. The van der Waals surface area contributed by atoms with Gasteiger partial charge in [0.1, 0.15) is 0 Å². The number of halogens is 1. The number of carbonyl (C=O) groups is 2. The van der Waals surface area contributed by atoms with Crippen molar-refractivity contribution in [3.8, 4) is 0 Å². The van der Waals surface area contributed by atoms with E-state index in [2.05, 4.69) is 15.6 Å². The molecule has 2 amide bonds. The number of anilines is 1. The van der Waals surface area contributed by atoms with E-state index in [9.17, 15) is 9.59 Å². The molecule has 3 rings (SSSR count). The monoisotopic (exact) mass is 415 g/mol. The van der Waals surface area contributed by atoms with Crippen molar-refractivity contribution in [2.45, 2.75) is 39.2 Å². The molecule has 1 heterocycles. The highest BCUT2D eigenvalue weighted by Crippen LogP contribution is 2.27. The van der Waals surface area contributed by atoms with Gasteiger partial charge in [0.15, 0.2) is 5.13 Å². The Morgan fingerprint density at radius 3 is 2.71 bits per heavy atom. The van der Waals surface area contributed by atoms with Crippen molar-refractivity contribution in [2.75, 3.05) is 5.32 Å². The summed E-state index contributed by atoms with van der Waals surface area (Å²) in [5.74, 6) is -0.0185. The molecule has 1 aromatic heterocycles. The van der Waals surface area contributed by atoms with Gasteiger partial charge in [0.2, 0.25) is 11.8 Å². The first-order valence-corrected chi connectivity index (χ1v) is 10.4. The van der Waals surface area contributed by atoms with Gasteiger partial charge in [-0.25, -0.2) is 4.98 Å². The first kappa shape index (κ1) is 20.3. The van der Waals surface area contributed by atoms with Gasteiger partial charge in [-0.1, -0.05) is 48.1 Å². The Labute approximate surface area is 173 Å². The van der Waals surface area contributed by atoms with E-state index in [1.165, 1.54) is 11.3 Å². The standard InChI is InChI=1S/C21H22ClN3O2S/c1-2-4-20(27)25-21-24-17-9-7-14(12-18(17)28-21)8-10-19(26)23-13-15-5-3-6-16(22)11-15/h3,5-7,9,11-12H,2,4,8,10,13H2,1H3,(H,23,26)(H,24,25,27). The Morgan fingerprint density at radius 1 is 1.07 bits per heavy atom. The van der Waals surface area contributed by atoms with Crippen LogP contribution in [0.4, 0.5) is 5.13 Å². The molecule has 0 radical (unpaired) electrons. The summed E-state index contributed by atoms with van der Waals surface area (Å²) in [6, 6.07) is 13.4. The third-order valence-corrected chi connectivity index (χ3v) is 5.36. The number of carbonyl (C=O) groups excluding carboxylic acids is 2. The molecule has 0 unspecified atom stereocenters. The van der Waals surface area contributed by atoms with Crippen molar-refractivity contribution < 1.29 is 9.59 Å². The number of fused-ring (bicyclic) bond motifs is 1. The lowest BCUT2D eigenvalue weighted by Crippen LogP contribution is -2.22. The number of aromatic nitrogens is 1. The summed E-state index contributed by atoms with van der Waals surface area (Å²) < 4.78 is 1.00. The molecule has 0 aliphatic carbocycles.